The van der Waals surface area contributed by atoms with E-state index in [0.29, 0.717) is 24.4 Å². The predicted molar refractivity (Wildman–Crippen MR) is 73.5 cm³/mol. The van der Waals surface area contributed by atoms with Gasteiger partial charge < -0.3 is 9.64 Å². The molecule has 1 aliphatic carbocycles. The molecular weight excluding hydrogens is 250 g/mol. The number of hydrogen-bond donors (Lipinski definition) is 0. The molecule has 18 heavy (non-hydrogen) atoms. The molecule has 2 rings (SSSR count). The molecule has 0 bridgehead atoms. The molecule has 5 heteroatoms. The summed E-state index contributed by atoms with van der Waals surface area (Å²) >= 11 is 5.79. The van der Waals surface area contributed by atoms with E-state index < -0.39 is 0 Å². The fourth-order valence-electron chi connectivity index (χ4n) is 2.11. The molecule has 0 unspecified atom stereocenters. The first-order chi connectivity index (χ1) is 8.85. The Morgan fingerprint density at radius 3 is 2.89 bits per heavy atom. The lowest BCUT2D eigenvalue weighted by atomic mass is 9.91. The Kier molecular flexibility index (Phi) is 5.05. The molecule has 0 saturated heterocycles. The molecular formula is C13H20ClN3O. The summed E-state index contributed by atoms with van der Waals surface area (Å²) in [6.45, 7) is 3.51. The van der Waals surface area contributed by atoms with Crippen molar-refractivity contribution in [3.05, 3.63) is 12.4 Å². The van der Waals surface area contributed by atoms with E-state index in [0.717, 1.165) is 18.8 Å². The van der Waals surface area contributed by atoms with Crippen LogP contribution in [-0.2, 0) is 0 Å². The number of halogens is 1. The molecule has 0 aliphatic heterocycles. The van der Waals surface area contributed by atoms with Gasteiger partial charge in [0.1, 0.15) is 0 Å². The van der Waals surface area contributed by atoms with Gasteiger partial charge in [0, 0.05) is 18.5 Å². The van der Waals surface area contributed by atoms with Crippen molar-refractivity contribution in [1.29, 1.82) is 0 Å². The molecule has 1 heterocycles. The summed E-state index contributed by atoms with van der Waals surface area (Å²) in [5, 5.41) is 0. The van der Waals surface area contributed by atoms with Crippen LogP contribution in [-0.4, -0.2) is 35.0 Å². The first-order valence-electron chi connectivity index (χ1n) is 6.62. The van der Waals surface area contributed by atoms with Crippen molar-refractivity contribution in [2.45, 2.75) is 38.6 Å². The minimum absolute atomic E-state index is 0.597. The second kappa shape index (κ2) is 6.78. The van der Waals surface area contributed by atoms with E-state index >= 15 is 0 Å². The molecule has 0 amide bonds. The average Bonchev–Trinajstić information content (AvgIpc) is 2.33. The summed E-state index contributed by atoms with van der Waals surface area (Å²) in [6.07, 6.45) is 8.23. The Balaban J connectivity index is 2.10. The first kappa shape index (κ1) is 13.4. The van der Waals surface area contributed by atoms with Gasteiger partial charge in [-0.3, -0.25) is 4.98 Å². The van der Waals surface area contributed by atoms with Gasteiger partial charge in [-0.15, -0.1) is 11.6 Å². The number of ether oxygens (including phenoxy) is 1. The van der Waals surface area contributed by atoms with Gasteiger partial charge in [-0.25, -0.2) is 0 Å². The van der Waals surface area contributed by atoms with Gasteiger partial charge in [-0.2, -0.15) is 4.98 Å². The zero-order valence-electron chi connectivity index (χ0n) is 10.8. The largest absolute Gasteiger partial charge is 0.477 e. The maximum atomic E-state index is 5.79. The monoisotopic (exact) mass is 269 g/mol. The number of rotatable bonds is 7. The molecule has 0 atom stereocenters. The van der Waals surface area contributed by atoms with Crippen molar-refractivity contribution in [3.8, 4) is 5.88 Å². The van der Waals surface area contributed by atoms with Crippen LogP contribution in [0, 0.1) is 0 Å². The van der Waals surface area contributed by atoms with Crippen LogP contribution in [0.4, 0.5) is 5.82 Å². The van der Waals surface area contributed by atoms with Crippen LogP contribution in [0.25, 0.3) is 0 Å². The van der Waals surface area contributed by atoms with Crippen LogP contribution >= 0.6 is 11.6 Å². The number of hydrogen-bond acceptors (Lipinski definition) is 4. The highest BCUT2D eigenvalue weighted by Gasteiger charge is 2.26. The Morgan fingerprint density at radius 2 is 2.28 bits per heavy atom. The Labute approximate surface area is 113 Å². The van der Waals surface area contributed by atoms with Gasteiger partial charge in [0.2, 0.25) is 5.88 Å². The molecule has 4 nitrogen and oxygen atoms in total. The highest BCUT2D eigenvalue weighted by atomic mass is 35.5. The van der Waals surface area contributed by atoms with Crippen molar-refractivity contribution in [1.82, 2.24) is 9.97 Å². The molecule has 0 spiro atoms. The number of anilines is 1. The summed E-state index contributed by atoms with van der Waals surface area (Å²) in [5.74, 6) is 2.20. The molecule has 100 valence electrons. The van der Waals surface area contributed by atoms with Crippen molar-refractivity contribution in [2.24, 2.45) is 0 Å². The number of alkyl halides is 1. The van der Waals surface area contributed by atoms with Crippen LogP contribution in [0.1, 0.15) is 32.6 Å². The standard InChI is InChI=1S/C13H20ClN3O/c1-2-18-13-10-15-9-12(16-13)17(8-4-7-14)11-5-3-6-11/h9-11H,2-8H2,1H3. The smallest absolute Gasteiger partial charge is 0.234 e. The third-order valence-corrected chi connectivity index (χ3v) is 3.50. The highest BCUT2D eigenvalue weighted by molar-refractivity contribution is 6.17. The minimum Gasteiger partial charge on any atom is -0.477 e. The molecule has 1 aliphatic rings. The lowest BCUT2D eigenvalue weighted by molar-refractivity contribution is 0.323. The van der Waals surface area contributed by atoms with Gasteiger partial charge in [0.05, 0.1) is 19.0 Å². The number of nitrogens with zero attached hydrogens (tertiary/aromatic N) is 3. The van der Waals surface area contributed by atoms with E-state index in [4.69, 9.17) is 16.3 Å². The van der Waals surface area contributed by atoms with Crippen LogP contribution in [0.2, 0.25) is 0 Å². The summed E-state index contributed by atoms with van der Waals surface area (Å²) < 4.78 is 5.41. The minimum atomic E-state index is 0.597. The van der Waals surface area contributed by atoms with E-state index in [1.807, 2.05) is 13.1 Å². The predicted octanol–water partition coefficient (Wildman–Crippen LogP) is 2.86. The van der Waals surface area contributed by atoms with E-state index in [9.17, 15) is 0 Å². The van der Waals surface area contributed by atoms with Gasteiger partial charge >= 0.3 is 0 Å². The zero-order valence-corrected chi connectivity index (χ0v) is 11.6. The topological polar surface area (TPSA) is 38.2 Å². The van der Waals surface area contributed by atoms with E-state index in [-0.39, 0.29) is 0 Å². The summed E-state index contributed by atoms with van der Waals surface area (Å²) in [5.41, 5.74) is 0. The molecule has 0 aromatic carbocycles. The second-order valence-corrected chi connectivity index (χ2v) is 4.85. The molecule has 1 aromatic rings. The van der Waals surface area contributed by atoms with Crippen molar-refractivity contribution in [3.63, 3.8) is 0 Å². The summed E-state index contributed by atoms with van der Waals surface area (Å²) in [7, 11) is 0. The lowest BCUT2D eigenvalue weighted by Gasteiger charge is -2.38. The maximum absolute atomic E-state index is 5.79. The van der Waals surface area contributed by atoms with Crippen LogP contribution in [0.5, 0.6) is 5.88 Å². The quantitative estimate of drug-likeness (QED) is 0.714. The Morgan fingerprint density at radius 1 is 1.44 bits per heavy atom. The number of aromatic nitrogens is 2. The van der Waals surface area contributed by atoms with Gasteiger partial charge in [-0.1, -0.05) is 0 Å². The van der Waals surface area contributed by atoms with Crippen molar-refractivity contribution in [2.75, 3.05) is 23.9 Å². The normalized spacial score (nSPS) is 15.2. The zero-order chi connectivity index (χ0) is 12.8. The van der Waals surface area contributed by atoms with Crippen LogP contribution < -0.4 is 9.64 Å². The fraction of sp³-hybridized carbons (Fsp3) is 0.692. The molecule has 1 saturated carbocycles. The summed E-state index contributed by atoms with van der Waals surface area (Å²) in [4.78, 5) is 11.0. The van der Waals surface area contributed by atoms with Gasteiger partial charge in [0.15, 0.2) is 5.82 Å². The first-order valence-corrected chi connectivity index (χ1v) is 7.16. The Hall–Kier alpha value is -1.03. The molecule has 0 N–H and O–H groups in total. The SMILES string of the molecule is CCOc1cncc(N(CCCCl)C2CCC2)n1. The highest BCUT2D eigenvalue weighted by Crippen LogP contribution is 2.29. The van der Waals surface area contributed by atoms with Crippen LogP contribution in [0.3, 0.4) is 0 Å². The second-order valence-electron chi connectivity index (χ2n) is 4.47. The van der Waals surface area contributed by atoms with Crippen molar-refractivity contribution >= 4 is 17.4 Å². The van der Waals surface area contributed by atoms with E-state index in [1.165, 1.54) is 19.3 Å². The molecule has 1 fully saturated rings. The Bertz CT molecular complexity index is 371. The molecule has 1 aromatic heterocycles. The van der Waals surface area contributed by atoms with Crippen LogP contribution in [0.15, 0.2) is 12.4 Å². The fourth-order valence-corrected chi connectivity index (χ4v) is 2.23. The summed E-state index contributed by atoms with van der Waals surface area (Å²) in [6, 6.07) is 0.597. The van der Waals surface area contributed by atoms with Gasteiger partial charge in [0.25, 0.3) is 0 Å². The molecule has 0 radical (unpaired) electrons. The maximum Gasteiger partial charge on any atom is 0.234 e. The third-order valence-electron chi connectivity index (χ3n) is 3.23. The van der Waals surface area contributed by atoms with E-state index in [1.54, 1.807) is 6.20 Å². The van der Waals surface area contributed by atoms with Gasteiger partial charge in [-0.05, 0) is 32.6 Å². The average molecular weight is 270 g/mol. The van der Waals surface area contributed by atoms with Crippen molar-refractivity contribution < 1.29 is 4.74 Å². The lowest BCUT2D eigenvalue weighted by Crippen LogP contribution is -2.41. The van der Waals surface area contributed by atoms with E-state index in [2.05, 4.69) is 14.9 Å². The third kappa shape index (κ3) is 3.25.